The van der Waals surface area contributed by atoms with Gasteiger partial charge >= 0.3 is 0 Å². The van der Waals surface area contributed by atoms with Crippen LogP contribution in [0.25, 0.3) is 10.8 Å². The molecule has 3 aromatic rings. The number of methoxy groups -OCH3 is 1. The Morgan fingerprint density at radius 1 is 1.33 bits per heavy atom. The van der Waals surface area contributed by atoms with Gasteiger partial charge < -0.3 is 14.1 Å². The first-order valence-corrected chi connectivity index (χ1v) is 9.85. The Bertz CT molecular complexity index is 902. The minimum atomic E-state index is -0.0541. The van der Waals surface area contributed by atoms with Gasteiger partial charge in [-0.15, -0.1) is 11.3 Å². The molecular formula is C21H24N2O3S. The van der Waals surface area contributed by atoms with Crippen LogP contribution in [-0.4, -0.2) is 29.4 Å². The van der Waals surface area contributed by atoms with Gasteiger partial charge in [0.1, 0.15) is 11.5 Å². The molecule has 27 heavy (non-hydrogen) atoms. The molecule has 0 aliphatic carbocycles. The zero-order chi connectivity index (χ0) is 19.4. The summed E-state index contributed by atoms with van der Waals surface area (Å²) >= 11 is 1.57. The molecule has 0 N–H and O–H groups in total. The first-order valence-electron chi connectivity index (χ1n) is 8.97. The molecule has 6 heteroatoms. The van der Waals surface area contributed by atoms with E-state index < -0.39 is 0 Å². The van der Waals surface area contributed by atoms with Gasteiger partial charge in [-0.3, -0.25) is 4.79 Å². The Hall–Kier alpha value is -2.60. The summed E-state index contributed by atoms with van der Waals surface area (Å²) in [5.41, 5.74) is 1.74. The maximum Gasteiger partial charge on any atom is 0.236 e. The monoisotopic (exact) mass is 384 g/mol. The Morgan fingerprint density at radius 2 is 2.15 bits per heavy atom. The van der Waals surface area contributed by atoms with E-state index in [0.717, 1.165) is 16.2 Å². The molecule has 3 rings (SSSR count). The van der Waals surface area contributed by atoms with Crippen molar-refractivity contribution in [2.75, 3.05) is 13.7 Å². The number of carbonyl (C=O) groups is 1. The Morgan fingerprint density at radius 3 is 2.81 bits per heavy atom. The highest BCUT2D eigenvalue weighted by Gasteiger charge is 2.23. The third-order valence-corrected chi connectivity index (χ3v) is 5.51. The molecule has 0 bridgehead atoms. The van der Waals surface area contributed by atoms with E-state index in [4.69, 9.17) is 9.15 Å². The van der Waals surface area contributed by atoms with E-state index in [-0.39, 0.29) is 18.4 Å². The van der Waals surface area contributed by atoms with Crippen LogP contribution in [0.1, 0.15) is 36.9 Å². The molecule has 0 saturated carbocycles. The molecule has 0 radical (unpaired) electrons. The van der Waals surface area contributed by atoms with Gasteiger partial charge in [0.15, 0.2) is 0 Å². The van der Waals surface area contributed by atoms with Crippen LogP contribution in [0.4, 0.5) is 0 Å². The predicted octanol–water partition coefficient (Wildman–Crippen LogP) is 4.87. The Labute approximate surface area is 163 Å². The number of carbonyl (C=O) groups excluding carboxylic acids is 1. The van der Waals surface area contributed by atoms with Crippen molar-refractivity contribution >= 4 is 17.2 Å². The molecule has 1 unspecified atom stereocenters. The standard InChI is InChI=1S/C21H24N2O3S/c1-5-23(14(2)16-8-6-9-17(12-16)25-4)20(24)13-18-15(3)26-21(22-18)19-10-7-11-27-19/h6-12,14H,5,13H2,1-4H3. The van der Waals surface area contributed by atoms with Crippen LogP contribution in [0.5, 0.6) is 5.75 Å². The fourth-order valence-corrected chi connectivity index (χ4v) is 3.74. The number of aromatic nitrogens is 1. The molecular weight excluding hydrogens is 360 g/mol. The van der Waals surface area contributed by atoms with Gasteiger partial charge in [-0.2, -0.15) is 0 Å². The lowest BCUT2D eigenvalue weighted by Gasteiger charge is -2.28. The molecule has 0 spiro atoms. The topological polar surface area (TPSA) is 55.6 Å². The smallest absolute Gasteiger partial charge is 0.236 e. The van der Waals surface area contributed by atoms with Crippen molar-refractivity contribution in [2.24, 2.45) is 0 Å². The lowest BCUT2D eigenvalue weighted by Crippen LogP contribution is -2.34. The molecule has 0 aliphatic rings. The summed E-state index contributed by atoms with van der Waals surface area (Å²) in [5, 5.41) is 1.98. The highest BCUT2D eigenvalue weighted by Crippen LogP contribution is 2.28. The molecule has 2 heterocycles. The number of hydrogen-bond donors (Lipinski definition) is 0. The van der Waals surface area contributed by atoms with Gasteiger partial charge in [0.2, 0.25) is 11.8 Å². The van der Waals surface area contributed by atoms with Gasteiger partial charge in [0.25, 0.3) is 0 Å². The zero-order valence-electron chi connectivity index (χ0n) is 16.1. The second-order valence-corrected chi connectivity index (χ2v) is 7.26. The maximum atomic E-state index is 13.0. The second kappa shape index (κ2) is 8.39. The highest BCUT2D eigenvalue weighted by molar-refractivity contribution is 7.13. The highest BCUT2D eigenvalue weighted by atomic mass is 32.1. The largest absolute Gasteiger partial charge is 0.497 e. The lowest BCUT2D eigenvalue weighted by molar-refractivity contribution is -0.132. The molecule has 2 aromatic heterocycles. The lowest BCUT2D eigenvalue weighted by atomic mass is 10.1. The van der Waals surface area contributed by atoms with Crippen LogP contribution in [0.3, 0.4) is 0 Å². The van der Waals surface area contributed by atoms with Gasteiger partial charge in [0.05, 0.1) is 30.1 Å². The van der Waals surface area contributed by atoms with Crippen molar-refractivity contribution in [1.82, 2.24) is 9.88 Å². The number of aryl methyl sites for hydroxylation is 1. The molecule has 0 fully saturated rings. The van der Waals surface area contributed by atoms with Gasteiger partial charge in [-0.25, -0.2) is 4.98 Å². The summed E-state index contributed by atoms with van der Waals surface area (Å²) in [4.78, 5) is 20.3. The minimum Gasteiger partial charge on any atom is -0.497 e. The summed E-state index contributed by atoms with van der Waals surface area (Å²) in [7, 11) is 1.64. The molecule has 5 nitrogen and oxygen atoms in total. The maximum absolute atomic E-state index is 13.0. The number of rotatable bonds is 7. The number of thiophene rings is 1. The number of oxazole rings is 1. The number of amides is 1. The van der Waals surface area contributed by atoms with Crippen LogP contribution in [0, 0.1) is 6.92 Å². The third kappa shape index (κ3) is 4.22. The average molecular weight is 385 g/mol. The van der Waals surface area contributed by atoms with Gasteiger partial charge in [-0.1, -0.05) is 18.2 Å². The molecule has 142 valence electrons. The summed E-state index contributed by atoms with van der Waals surface area (Å²) in [6.45, 7) is 6.49. The number of benzene rings is 1. The summed E-state index contributed by atoms with van der Waals surface area (Å²) in [6.07, 6.45) is 0.225. The van der Waals surface area contributed by atoms with E-state index in [9.17, 15) is 4.79 Å². The van der Waals surface area contributed by atoms with Crippen LogP contribution < -0.4 is 4.74 Å². The van der Waals surface area contributed by atoms with Gasteiger partial charge in [0, 0.05) is 6.54 Å². The predicted molar refractivity (Wildman–Crippen MR) is 107 cm³/mol. The first-order chi connectivity index (χ1) is 13.0. The second-order valence-electron chi connectivity index (χ2n) is 6.31. The molecule has 0 aliphatic heterocycles. The van der Waals surface area contributed by atoms with E-state index in [1.54, 1.807) is 18.4 Å². The van der Waals surface area contributed by atoms with E-state index in [1.807, 2.05) is 67.4 Å². The Balaban J connectivity index is 1.77. The SMILES string of the molecule is CCN(C(=O)Cc1nc(-c2cccs2)oc1C)C(C)c1cccc(OC)c1. The van der Waals surface area contributed by atoms with Crippen LogP contribution in [-0.2, 0) is 11.2 Å². The van der Waals surface area contributed by atoms with Crippen LogP contribution >= 0.6 is 11.3 Å². The fourth-order valence-electron chi connectivity index (χ4n) is 3.09. The quantitative estimate of drug-likeness (QED) is 0.583. The number of nitrogens with zero attached hydrogens (tertiary/aromatic N) is 2. The van der Waals surface area contributed by atoms with Crippen molar-refractivity contribution < 1.29 is 13.9 Å². The number of likely N-dealkylation sites (N-methyl/N-ethyl adjacent to an activating group) is 1. The van der Waals surface area contributed by atoms with Crippen molar-refractivity contribution in [3.8, 4) is 16.5 Å². The number of ether oxygens (including phenoxy) is 1. The summed E-state index contributed by atoms with van der Waals surface area (Å²) < 4.78 is 11.1. The molecule has 1 aromatic carbocycles. The summed E-state index contributed by atoms with van der Waals surface area (Å²) in [5.74, 6) is 2.09. The van der Waals surface area contributed by atoms with E-state index in [2.05, 4.69) is 4.98 Å². The normalized spacial score (nSPS) is 12.0. The first kappa shape index (κ1) is 19.2. The van der Waals surface area contributed by atoms with Gasteiger partial charge in [-0.05, 0) is 49.9 Å². The minimum absolute atomic E-state index is 0.0296. The average Bonchev–Trinajstić information content (AvgIpc) is 3.32. The third-order valence-electron chi connectivity index (χ3n) is 4.65. The molecule has 0 saturated heterocycles. The molecule has 1 amide bonds. The van der Waals surface area contributed by atoms with Crippen molar-refractivity contribution in [2.45, 2.75) is 33.2 Å². The van der Waals surface area contributed by atoms with Crippen LogP contribution in [0.2, 0.25) is 0 Å². The number of hydrogen-bond acceptors (Lipinski definition) is 5. The zero-order valence-corrected chi connectivity index (χ0v) is 16.9. The fraction of sp³-hybridized carbons (Fsp3) is 0.333. The summed E-state index contributed by atoms with van der Waals surface area (Å²) in [6, 6.07) is 11.7. The van der Waals surface area contributed by atoms with Crippen molar-refractivity contribution in [3.63, 3.8) is 0 Å². The van der Waals surface area contributed by atoms with Crippen LogP contribution in [0.15, 0.2) is 46.2 Å². The van der Waals surface area contributed by atoms with E-state index in [1.165, 1.54) is 0 Å². The van der Waals surface area contributed by atoms with E-state index >= 15 is 0 Å². The van der Waals surface area contributed by atoms with Crippen molar-refractivity contribution in [3.05, 3.63) is 58.8 Å². The van der Waals surface area contributed by atoms with E-state index in [0.29, 0.717) is 23.9 Å². The molecule has 1 atom stereocenters. The van der Waals surface area contributed by atoms with Crippen molar-refractivity contribution in [1.29, 1.82) is 0 Å². The Kier molecular flexibility index (Phi) is 5.96.